The second kappa shape index (κ2) is 6.71. The molecular formula is C16H19ClN2. The van der Waals surface area contributed by atoms with Crippen LogP contribution < -0.4 is 11.3 Å². The summed E-state index contributed by atoms with van der Waals surface area (Å²) in [4.78, 5) is 0. The van der Waals surface area contributed by atoms with Gasteiger partial charge in [-0.05, 0) is 36.5 Å². The molecule has 2 aromatic rings. The molecule has 2 nitrogen and oxygen atoms in total. The van der Waals surface area contributed by atoms with Gasteiger partial charge >= 0.3 is 0 Å². The van der Waals surface area contributed by atoms with Crippen molar-refractivity contribution < 1.29 is 0 Å². The van der Waals surface area contributed by atoms with E-state index in [1.807, 2.05) is 31.2 Å². The van der Waals surface area contributed by atoms with Crippen LogP contribution in [0.2, 0.25) is 5.02 Å². The monoisotopic (exact) mass is 274 g/mol. The molecule has 0 heterocycles. The minimum Gasteiger partial charge on any atom is -0.271 e. The van der Waals surface area contributed by atoms with Gasteiger partial charge < -0.3 is 0 Å². The first-order valence-corrected chi connectivity index (χ1v) is 6.85. The summed E-state index contributed by atoms with van der Waals surface area (Å²) in [6, 6.07) is 16.5. The summed E-state index contributed by atoms with van der Waals surface area (Å²) in [5.74, 6) is 5.68. The fourth-order valence-corrected chi connectivity index (χ4v) is 2.48. The van der Waals surface area contributed by atoms with Gasteiger partial charge in [0.05, 0.1) is 0 Å². The zero-order valence-corrected chi connectivity index (χ0v) is 11.8. The number of benzene rings is 2. The van der Waals surface area contributed by atoms with Gasteiger partial charge in [-0.15, -0.1) is 0 Å². The van der Waals surface area contributed by atoms with Gasteiger partial charge in [0.15, 0.2) is 0 Å². The van der Waals surface area contributed by atoms with Crippen LogP contribution in [0.1, 0.15) is 29.2 Å². The number of rotatable bonds is 5. The minimum atomic E-state index is 0.0765. The first kappa shape index (κ1) is 14.1. The lowest BCUT2D eigenvalue weighted by Gasteiger charge is -2.18. The van der Waals surface area contributed by atoms with Crippen molar-refractivity contribution >= 4 is 11.6 Å². The molecule has 2 rings (SSSR count). The van der Waals surface area contributed by atoms with E-state index < -0.39 is 0 Å². The van der Waals surface area contributed by atoms with Crippen molar-refractivity contribution in [2.45, 2.75) is 25.8 Å². The summed E-state index contributed by atoms with van der Waals surface area (Å²) < 4.78 is 0. The minimum absolute atomic E-state index is 0.0765. The number of hydrazine groups is 1. The zero-order valence-electron chi connectivity index (χ0n) is 11.1. The van der Waals surface area contributed by atoms with Crippen LogP contribution in [0.15, 0.2) is 48.5 Å². The average Bonchev–Trinajstić information content (AvgIpc) is 2.45. The fourth-order valence-electron chi connectivity index (χ4n) is 2.22. The van der Waals surface area contributed by atoms with Crippen LogP contribution in [-0.2, 0) is 6.42 Å². The molecule has 0 amide bonds. The standard InChI is InChI=1S/C16H19ClN2/c1-12-6-5-9-14(16(12)17)15(19-18)11-10-13-7-3-2-4-8-13/h2-9,15,19H,10-11,18H2,1H3. The van der Waals surface area contributed by atoms with Crippen LogP contribution >= 0.6 is 11.6 Å². The van der Waals surface area contributed by atoms with E-state index in [2.05, 4.69) is 29.7 Å². The van der Waals surface area contributed by atoms with E-state index in [1.54, 1.807) is 0 Å². The van der Waals surface area contributed by atoms with E-state index >= 15 is 0 Å². The Morgan fingerprint density at radius 1 is 1.11 bits per heavy atom. The van der Waals surface area contributed by atoms with E-state index in [9.17, 15) is 0 Å². The Bertz CT molecular complexity index is 526. The molecule has 19 heavy (non-hydrogen) atoms. The lowest BCUT2D eigenvalue weighted by atomic mass is 9.98. The normalized spacial score (nSPS) is 12.4. The summed E-state index contributed by atoms with van der Waals surface area (Å²) in [7, 11) is 0. The van der Waals surface area contributed by atoms with E-state index in [-0.39, 0.29) is 6.04 Å². The molecule has 3 N–H and O–H groups in total. The Morgan fingerprint density at radius 3 is 2.53 bits per heavy atom. The molecule has 1 unspecified atom stereocenters. The van der Waals surface area contributed by atoms with Gasteiger partial charge in [0.1, 0.15) is 0 Å². The molecule has 1 atom stereocenters. The Morgan fingerprint density at radius 2 is 1.84 bits per heavy atom. The Labute approximate surface area is 119 Å². The Balaban J connectivity index is 2.10. The van der Waals surface area contributed by atoms with E-state index in [0.717, 1.165) is 29.0 Å². The van der Waals surface area contributed by atoms with Crippen molar-refractivity contribution in [1.29, 1.82) is 0 Å². The van der Waals surface area contributed by atoms with Crippen molar-refractivity contribution in [3.05, 3.63) is 70.2 Å². The third-order valence-electron chi connectivity index (χ3n) is 3.36. The lowest BCUT2D eigenvalue weighted by Crippen LogP contribution is -2.28. The van der Waals surface area contributed by atoms with Gasteiger partial charge in [-0.2, -0.15) is 0 Å². The van der Waals surface area contributed by atoms with Gasteiger partial charge in [0.25, 0.3) is 0 Å². The van der Waals surface area contributed by atoms with Crippen molar-refractivity contribution in [3.8, 4) is 0 Å². The number of aryl methyl sites for hydroxylation is 2. The Hall–Kier alpha value is -1.35. The molecule has 0 aromatic heterocycles. The molecule has 3 heteroatoms. The topological polar surface area (TPSA) is 38.0 Å². The number of hydrogen-bond acceptors (Lipinski definition) is 2. The molecule has 0 spiro atoms. The van der Waals surface area contributed by atoms with Crippen molar-refractivity contribution in [1.82, 2.24) is 5.43 Å². The van der Waals surface area contributed by atoms with Crippen LogP contribution in [0, 0.1) is 6.92 Å². The maximum absolute atomic E-state index is 6.35. The molecular weight excluding hydrogens is 256 g/mol. The second-order valence-electron chi connectivity index (χ2n) is 4.72. The number of hydrogen-bond donors (Lipinski definition) is 2. The Kier molecular flexibility index (Phi) is 4.97. The van der Waals surface area contributed by atoms with Crippen LogP contribution in [-0.4, -0.2) is 0 Å². The maximum atomic E-state index is 6.35. The van der Waals surface area contributed by atoms with E-state index in [1.165, 1.54) is 5.56 Å². The summed E-state index contributed by atoms with van der Waals surface area (Å²) in [5, 5.41) is 0.804. The predicted molar refractivity (Wildman–Crippen MR) is 81.0 cm³/mol. The highest BCUT2D eigenvalue weighted by Crippen LogP contribution is 2.28. The van der Waals surface area contributed by atoms with Crippen molar-refractivity contribution in [3.63, 3.8) is 0 Å². The summed E-state index contributed by atoms with van der Waals surface area (Å²) in [6.45, 7) is 2.01. The van der Waals surface area contributed by atoms with E-state index in [0.29, 0.717) is 0 Å². The number of halogens is 1. The predicted octanol–water partition coefficient (Wildman–Crippen LogP) is 3.79. The summed E-state index contributed by atoms with van der Waals surface area (Å²) in [6.07, 6.45) is 1.89. The number of nitrogens with one attached hydrogen (secondary N) is 1. The van der Waals surface area contributed by atoms with Gasteiger partial charge in [-0.25, -0.2) is 0 Å². The molecule has 0 aliphatic carbocycles. The van der Waals surface area contributed by atoms with Crippen molar-refractivity contribution in [2.24, 2.45) is 5.84 Å². The fraction of sp³-hybridized carbons (Fsp3) is 0.250. The summed E-state index contributed by atoms with van der Waals surface area (Å²) in [5.41, 5.74) is 6.34. The third-order valence-corrected chi connectivity index (χ3v) is 3.88. The first-order valence-electron chi connectivity index (χ1n) is 6.47. The van der Waals surface area contributed by atoms with Crippen molar-refractivity contribution in [2.75, 3.05) is 0 Å². The SMILES string of the molecule is Cc1cccc(C(CCc2ccccc2)NN)c1Cl. The number of nitrogens with two attached hydrogens (primary N) is 1. The highest BCUT2D eigenvalue weighted by Gasteiger charge is 2.14. The van der Waals surface area contributed by atoms with Crippen LogP contribution in [0.4, 0.5) is 0 Å². The van der Waals surface area contributed by atoms with Gasteiger partial charge in [0.2, 0.25) is 0 Å². The molecule has 0 saturated carbocycles. The maximum Gasteiger partial charge on any atom is 0.0483 e. The highest BCUT2D eigenvalue weighted by molar-refractivity contribution is 6.32. The molecule has 0 radical (unpaired) electrons. The largest absolute Gasteiger partial charge is 0.271 e. The first-order chi connectivity index (χ1) is 9.22. The van der Waals surface area contributed by atoms with Gasteiger partial charge in [0, 0.05) is 11.1 Å². The average molecular weight is 275 g/mol. The van der Waals surface area contributed by atoms with Crippen LogP contribution in [0.5, 0.6) is 0 Å². The smallest absolute Gasteiger partial charge is 0.0483 e. The molecule has 0 aliphatic heterocycles. The highest BCUT2D eigenvalue weighted by atomic mass is 35.5. The molecule has 0 fully saturated rings. The van der Waals surface area contributed by atoms with Gasteiger partial charge in [-0.3, -0.25) is 11.3 Å². The third kappa shape index (κ3) is 3.57. The lowest BCUT2D eigenvalue weighted by molar-refractivity contribution is 0.516. The summed E-state index contributed by atoms with van der Waals surface area (Å²) >= 11 is 6.35. The van der Waals surface area contributed by atoms with E-state index in [4.69, 9.17) is 17.4 Å². The van der Waals surface area contributed by atoms with Crippen LogP contribution in [0.25, 0.3) is 0 Å². The van der Waals surface area contributed by atoms with Crippen LogP contribution in [0.3, 0.4) is 0 Å². The molecule has 0 saturated heterocycles. The molecule has 2 aromatic carbocycles. The molecule has 0 bridgehead atoms. The molecule has 100 valence electrons. The zero-order chi connectivity index (χ0) is 13.7. The van der Waals surface area contributed by atoms with Gasteiger partial charge in [-0.1, -0.05) is 60.1 Å². The quantitative estimate of drug-likeness (QED) is 0.643. The second-order valence-corrected chi connectivity index (χ2v) is 5.10. The molecule has 0 aliphatic rings.